The number of carbonyl (C=O) groups is 3. The van der Waals surface area contributed by atoms with Gasteiger partial charge in [0.2, 0.25) is 0 Å². The Balaban J connectivity index is 2.17. The van der Waals surface area contributed by atoms with E-state index in [1.54, 1.807) is 24.3 Å². The van der Waals surface area contributed by atoms with Crippen molar-refractivity contribution < 1.29 is 14.4 Å². The zero-order valence-electron chi connectivity index (χ0n) is 8.01. The van der Waals surface area contributed by atoms with Crippen molar-refractivity contribution in [2.45, 2.75) is 0 Å². The molecule has 3 nitrogen and oxygen atoms in total. The lowest BCUT2D eigenvalue weighted by atomic mass is 10.1. The molecule has 0 bridgehead atoms. The Bertz CT molecular complexity index is 473. The van der Waals surface area contributed by atoms with E-state index in [4.69, 9.17) is 0 Å². The monoisotopic (exact) mass is 250 g/mol. The molecule has 1 aliphatic heterocycles. The maximum atomic E-state index is 11.7. The molecule has 16 heavy (non-hydrogen) atoms. The number of benzene rings is 1. The smallest absolute Gasteiger partial charge is 0.271 e. The Kier molecular flexibility index (Phi) is 3.26. The van der Waals surface area contributed by atoms with Crippen molar-refractivity contribution in [1.82, 2.24) is 0 Å². The standard InChI is InChI=1S/C11H6O3S2/c12-8(7-4-2-1-3-5-7)6-9-15-10(13)11(14)16-9/h1-6H. The maximum absolute atomic E-state index is 11.7. The average Bonchev–Trinajstić information content (AvgIpc) is 2.59. The first kappa shape index (κ1) is 11.2. The molecule has 0 unspecified atom stereocenters. The SMILES string of the molecule is O=C1SC(=CC(=O)c2ccccc2)SC1=O. The van der Waals surface area contributed by atoms with Crippen LogP contribution in [0.1, 0.15) is 10.4 Å². The minimum absolute atomic E-state index is 0.196. The Morgan fingerprint density at radius 3 is 2.12 bits per heavy atom. The molecular weight excluding hydrogens is 244 g/mol. The van der Waals surface area contributed by atoms with E-state index >= 15 is 0 Å². The van der Waals surface area contributed by atoms with Crippen LogP contribution in [0.2, 0.25) is 0 Å². The summed E-state index contributed by atoms with van der Waals surface area (Å²) in [5, 5.41) is -1.03. The third-order valence-electron chi connectivity index (χ3n) is 1.86. The summed E-state index contributed by atoms with van der Waals surface area (Å²) in [5.41, 5.74) is 0.544. The van der Waals surface area contributed by atoms with Crippen LogP contribution in [-0.4, -0.2) is 16.0 Å². The molecule has 0 saturated carbocycles. The average molecular weight is 250 g/mol. The van der Waals surface area contributed by atoms with Crippen LogP contribution in [0.3, 0.4) is 0 Å². The van der Waals surface area contributed by atoms with Gasteiger partial charge < -0.3 is 0 Å². The van der Waals surface area contributed by atoms with E-state index in [-0.39, 0.29) is 5.78 Å². The van der Waals surface area contributed by atoms with Crippen LogP contribution in [0.25, 0.3) is 0 Å². The van der Waals surface area contributed by atoms with Gasteiger partial charge >= 0.3 is 0 Å². The summed E-state index contributed by atoms with van der Waals surface area (Å²) in [7, 11) is 0. The van der Waals surface area contributed by atoms with Crippen LogP contribution in [0.15, 0.2) is 40.6 Å². The molecule has 5 heteroatoms. The van der Waals surface area contributed by atoms with Gasteiger partial charge in [0.05, 0.1) is 4.24 Å². The number of carbonyl (C=O) groups excluding carboxylic acids is 3. The van der Waals surface area contributed by atoms with E-state index in [1.165, 1.54) is 6.08 Å². The third kappa shape index (κ3) is 2.43. The number of allylic oxidation sites excluding steroid dienone is 1. The Morgan fingerprint density at radius 2 is 1.56 bits per heavy atom. The molecule has 80 valence electrons. The number of rotatable bonds is 2. The van der Waals surface area contributed by atoms with E-state index in [0.29, 0.717) is 9.80 Å². The summed E-state index contributed by atoms with van der Waals surface area (Å²) in [6.07, 6.45) is 1.33. The molecule has 1 heterocycles. The van der Waals surface area contributed by atoms with Gasteiger partial charge in [-0.15, -0.1) is 0 Å². The van der Waals surface area contributed by atoms with Crippen LogP contribution in [0.4, 0.5) is 0 Å². The van der Waals surface area contributed by atoms with Crippen molar-refractivity contribution in [2.24, 2.45) is 0 Å². The topological polar surface area (TPSA) is 51.2 Å². The Hall–Kier alpha value is -1.33. The molecule has 0 aromatic heterocycles. The highest BCUT2D eigenvalue weighted by atomic mass is 32.2. The summed E-state index contributed by atoms with van der Waals surface area (Å²) in [5.74, 6) is -0.196. The highest BCUT2D eigenvalue weighted by Crippen LogP contribution is 2.38. The van der Waals surface area contributed by atoms with Crippen molar-refractivity contribution in [3.63, 3.8) is 0 Å². The van der Waals surface area contributed by atoms with Crippen molar-refractivity contribution in [3.8, 4) is 0 Å². The van der Waals surface area contributed by atoms with Gasteiger partial charge in [0.15, 0.2) is 5.78 Å². The minimum atomic E-state index is -0.517. The van der Waals surface area contributed by atoms with E-state index in [1.807, 2.05) is 6.07 Å². The maximum Gasteiger partial charge on any atom is 0.271 e. The predicted octanol–water partition coefficient (Wildman–Crippen LogP) is 2.24. The van der Waals surface area contributed by atoms with Crippen molar-refractivity contribution >= 4 is 39.5 Å². The molecule has 1 aliphatic rings. The van der Waals surface area contributed by atoms with Crippen LogP contribution < -0.4 is 0 Å². The zero-order chi connectivity index (χ0) is 11.5. The second-order valence-electron chi connectivity index (χ2n) is 2.97. The van der Waals surface area contributed by atoms with Crippen molar-refractivity contribution in [1.29, 1.82) is 0 Å². The second-order valence-corrected chi connectivity index (χ2v) is 5.26. The fourth-order valence-electron chi connectivity index (χ4n) is 1.14. The second kappa shape index (κ2) is 4.67. The number of hydrogen-bond acceptors (Lipinski definition) is 5. The van der Waals surface area contributed by atoms with Gasteiger partial charge in [0.25, 0.3) is 10.2 Å². The lowest BCUT2D eigenvalue weighted by Crippen LogP contribution is -1.94. The molecule has 0 aliphatic carbocycles. The lowest BCUT2D eigenvalue weighted by molar-refractivity contribution is -0.126. The first-order chi connectivity index (χ1) is 7.66. The predicted molar refractivity (Wildman–Crippen MR) is 64.1 cm³/mol. The highest BCUT2D eigenvalue weighted by molar-refractivity contribution is 8.43. The van der Waals surface area contributed by atoms with Crippen LogP contribution >= 0.6 is 23.5 Å². The molecule has 0 spiro atoms. The van der Waals surface area contributed by atoms with Crippen LogP contribution in [-0.2, 0) is 9.59 Å². The van der Waals surface area contributed by atoms with Gasteiger partial charge in [-0.3, -0.25) is 14.4 Å². The van der Waals surface area contributed by atoms with Gasteiger partial charge in [-0.25, -0.2) is 0 Å². The van der Waals surface area contributed by atoms with Gasteiger partial charge in [0.1, 0.15) is 0 Å². The lowest BCUT2D eigenvalue weighted by Gasteiger charge is -1.94. The number of hydrogen-bond donors (Lipinski definition) is 0. The van der Waals surface area contributed by atoms with Gasteiger partial charge in [-0.05, 0) is 23.5 Å². The Labute approximate surface area is 100 Å². The first-order valence-corrected chi connectivity index (χ1v) is 6.05. The largest absolute Gasteiger partial charge is 0.289 e. The van der Waals surface area contributed by atoms with Gasteiger partial charge in [-0.1, -0.05) is 30.3 Å². The molecule has 1 aromatic rings. The first-order valence-electron chi connectivity index (χ1n) is 4.42. The van der Waals surface area contributed by atoms with Crippen molar-refractivity contribution in [3.05, 3.63) is 46.2 Å². The van der Waals surface area contributed by atoms with Gasteiger partial charge in [-0.2, -0.15) is 0 Å². The number of ketones is 1. The summed E-state index contributed by atoms with van der Waals surface area (Å²) < 4.78 is 0.448. The van der Waals surface area contributed by atoms with E-state index in [2.05, 4.69) is 0 Å². The third-order valence-corrected chi connectivity index (χ3v) is 3.87. The molecular formula is C11H6O3S2. The van der Waals surface area contributed by atoms with E-state index in [0.717, 1.165) is 23.5 Å². The molecule has 0 radical (unpaired) electrons. The van der Waals surface area contributed by atoms with Gasteiger partial charge in [0, 0.05) is 11.6 Å². The summed E-state index contributed by atoms with van der Waals surface area (Å²) in [4.78, 5) is 33.6. The molecule has 0 amide bonds. The molecule has 1 aromatic carbocycles. The summed E-state index contributed by atoms with van der Waals surface area (Å²) in [6.45, 7) is 0. The Morgan fingerprint density at radius 1 is 1.00 bits per heavy atom. The summed E-state index contributed by atoms with van der Waals surface area (Å²) in [6, 6.07) is 8.71. The van der Waals surface area contributed by atoms with E-state index < -0.39 is 10.2 Å². The summed E-state index contributed by atoms with van der Waals surface area (Å²) >= 11 is 1.62. The normalized spacial score (nSPS) is 15.4. The molecule has 1 saturated heterocycles. The molecule has 0 atom stereocenters. The molecule has 1 fully saturated rings. The zero-order valence-corrected chi connectivity index (χ0v) is 9.64. The fraction of sp³-hybridized carbons (Fsp3) is 0. The minimum Gasteiger partial charge on any atom is -0.289 e. The molecule has 2 rings (SSSR count). The van der Waals surface area contributed by atoms with Crippen LogP contribution in [0.5, 0.6) is 0 Å². The highest BCUT2D eigenvalue weighted by Gasteiger charge is 2.28. The van der Waals surface area contributed by atoms with Crippen molar-refractivity contribution in [2.75, 3.05) is 0 Å². The quantitative estimate of drug-likeness (QED) is 0.458. The molecule has 0 N–H and O–H groups in total. The fourth-order valence-corrected chi connectivity index (χ4v) is 2.87. The van der Waals surface area contributed by atoms with E-state index in [9.17, 15) is 14.4 Å². The number of thioether (sulfide) groups is 2. The van der Waals surface area contributed by atoms with Crippen LogP contribution in [0, 0.1) is 0 Å².